The van der Waals surface area contributed by atoms with E-state index >= 15 is 0 Å². The van der Waals surface area contributed by atoms with Gasteiger partial charge in [-0.15, -0.1) is 10.2 Å². The van der Waals surface area contributed by atoms with Gasteiger partial charge in [0.15, 0.2) is 11.0 Å². The van der Waals surface area contributed by atoms with E-state index in [2.05, 4.69) is 36.8 Å². The quantitative estimate of drug-likeness (QED) is 0.471. The van der Waals surface area contributed by atoms with Crippen LogP contribution in [0.15, 0.2) is 58.2 Å². The molecule has 156 valence electrons. The highest BCUT2D eigenvalue weighted by Crippen LogP contribution is 2.29. The number of benzene rings is 2. The molecule has 0 saturated heterocycles. The summed E-state index contributed by atoms with van der Waals surface area (Å²) in [5.41, 5.74) is 2.27. The van der Waals surface area contributed by atoms with Crippen molar-refractivity contribution in [1.82, 2.24) is 14.8 Å². The van der Waals surface area contributed by atoms with Crippen LogP contribution in [-0.4, -0.2) is 31.8 Å². The van der Waals surface area contributed by atoms with Crippen LogP contribution in [0.4, 0.5) is 11.4 Å². The summed E-state index contributed by atoms with van der Waals surface area (Å²) in [6.07, 6.45) is 0.646. The monoisotopic (exact) mass is 487 g/mol. The first-order valence-electron chi connectivity index (χ1n) is 9.38. The molecule has 30 heavy (non-hydrogen) atoms. The molecular formula is C21H22BrN5O2S. The lowest BCUT2D eigenvalue weighted by molar-refractivity contribution is -0.116. The number of rotatable bonds is 7. The molecule has 7 nitrogen and oxygen atoms in total. The van der Waals surface area contributed by atoms with Gasteiger partial charge in [0.05, 0.1) is 5.25 Å². The van der Waals surface area contributed by atoms with E-state index in [0.717, 1.165) is 15.7 Å². The zero-order valence-electron chi connectivity index (χ0n) is 16.8. The molecule has 1 atom stereocenters. The summed E-state index contributed by atoms with van der Waals surface area (Å²) in [6, 6.07) is 14.9. The Kier molecular flexibility index (Phi) is 7.28. The molecule has 0 aliphatic heterocycles. The normalized spacial score (nSPS) is 11.7. The molecule has 2 N–H and O–H groups in total. The number of aromatic nitrogens is 3. The number of thioether (sulfide) groups is 1. The van der Waals surface area contributed by atoms with Crippen LogP contribution in [-0.2, 0) is 16.6 Å². The van der Waals surface area contributed by atoms with Crippen LogP contribution in [0.2, 0.25) is 0 Å². The molecule has 0 spiro atoms. The van der Waals surface area contributed by atoms with Gasteiger partial charge in [0.25, 0.3) is 0 Å². The maximum Gasteiger partial charge on any atom is 0.237 e. The fourth-order valence-electron chi connectivity index (χ4n) is 2.81. The first kappa shape index (κ1) is 22.0. The molecule has 0 aliphatic rings. The van der Waals surface area contributed by atoms with Gasteiger partial charge >= 0.3 is 0 Å². The van der Waals surface area contributed by atoms with Gasteiger partial charge in [-0.3, -0.25) is 9.59 Å². The van der Waals surface area contributed by atoms with Crippen molar-refractivity contribution in [2.24, 2.45) is 7.05 Å². The topological polar surface area (TPSA) is 88.9 Å². The van der Waals surface area contributed by atoms with Gasteiger partial charge in [0.1, 0.15) is 0 Å². The molecule has 0 bridgehead atoms. The molecule has 2 aromatic carbocycles. The van der Waals surface area contributed by atoms with Crippen LogP contribution in [0.3, 0.4) is 0 Å². The molecule has 2 amide bonds. The van der Waals surface area contributed by atoms with E-state index in [9.17, 15) is 9.59 Å². The summed E-state index contributed by atoms with van der Waals surface area (Å²) in [6.45, 7) is 3.43. The number of carbonyl (C=O) groups excluding carboxylic acids is 2. The van der Waals surface area contributed by atoms with E-state index in [4.69, 9.17) is 0 Å². The average Bonchev–Trinajstić information content (AvgIpc) is 3.07. The fourth-order valence-corrected chi connectivity index (χ4v) is 4.00. The van der Waals surface area contributed by atoms with Crippen molar-refractivity contribution < 1.29 is 9.59 Å². The number of hydrogen-bond donors (Lipinski definition) is 2. The number of halogens is 1. The van der Waals surface area contributed by atoms with Crippen LogP contribution in [0.25, 0.3) is 11.4 Å². The summed E-state index contributed by atoms with van der Waals surface area (Å²) in [5, 5.41) is 14.6. The highest BCUT2D eigenvalue weighted by atomic mass is 79.9. The Bertz CT molecular complexity index is 1050. The van der Waals surface area contributed by atoms with Crippen molar-refractivity contribution in [3.63, 3.8) is 0 Å². The lowest BCUT2D eigenvalue weighted by Crippen LogP contribution is -2.25. The standard InChI is InChI=1S/C21H22BrN5O2S/c1-4-18(20(29)24-16-10-8-15(22)9-11-16)30-21-26-25-19(27(21)3)14-6-5-7-17(12-14)23-13(2)28/h5-12,18H,4H2,1-3H3,(H,23,28)(H,24,29)/t18-/m0/s1. The first-order valence-corrected chi connectivity index (χ1v) is 11.0. The Morgan fingerprint density at radius 2 is 1.83 bits per heavy atom. The summed E-state index contributed by atoms with van der Waals surface area (Å²) < 4.78 is 2.81. The lowest BCUT2D eigenvalue weighted by Gasteiger charge is -2.14. The molecular weight excluding hydrogens is 466 g/mol. The smallest absolute Gasteiger partial charge is 0.237 e. The Morgan fingerprint density at radius 1 is 1.10 bits per heavy atom. The lowest BCUT2D eigenvalue weighted by atomic mass is 10.2. The third-order valence-electron chi connectivity index (χ3n) is 4.30. The van der Waals surface area contributed by atoms with Gasteiger partial charge in [0.2, 0.25) is 11.8 Å². The van der Waals surface area contributed by atoms with Gasteiger partial charge in [-0.05, 0) is 42.8 Å². The zero-order chi connectivity index (χ0) is 21.7. The molecule has 0 unspecified atom stereocenters. The molecule has 1 heterocycles. The van der Waals surface area contributed by atoms with Gasteiger partial charge in [-0.25, -0.2) is 0 Å². The van der Waals surface area contributed by atoms with Crippen LogP contribution < -0.4 is 10.6 Å². The number of nitrogens with one attached hydrogen (secondary N) is 2. The Hall–Kier alpha value is -2.65. The number of carbonyl (C=O) groups is 2. The minimum Gasteiger partial charge on any atom is -0.326 e. The second kappa shape index (κ2) is 9.90. The van der Waals surface area contributed by atoms with Crippen LogP contribution >= 0.6 is 27.7 Å². The zero-order valence-corrected chi connectivity index (χ0v) is 19.3. The third-order valence-corrected chi connectivity index (χ3v) is 6.23. The van der Waals surface area contributed by atoms with Crippen molar-refractivity contribution in [2.75, 3.05) is 10.6 Å². The Balaban J connectivity index is 1.75. The summed E-state index contributed by atoms with van der Waals surface area (Å²) in [7, 11) is 1.86. The second-order valence-electron chi connectivity index (χ2n) is 6.64. The van der Waals surface area contributed by atoms with Crippen LogP contribution in [0, 0.1) is 0 Å². The maximum absolute atomic E-state index is 12.7. The van der Waals surface area contributed by atoms with Gasteiger partial charge in [-0.1, -0.05) is 46.7 Å². The van der Waals surface area contributed by atoms with Crippen molar-refractivity contribution in [1.29, 1.82) is 0 Å². The van der Waals surface area contributed by atoms with E-state index < -0.39 is 0 Å². The van der Waals surface area contributed by atoms with Crippen molar-refractivity contribution in [2.45, 2.75) is 30.7 Å². The number of amides is 2. The first-order chi connectivity index (χ1) is 14.4. The largest absolute Gasteiger partial charge is 0.326 e. The van der Waals surface area contributed by atoms with Crippen LogP contribution in [0.1, 0.15) is 20.3 Å². The van der Waals surface area contributed by atoms with E-state index in [0.29, 0.717) is 23.1 Å². The minimum atomic E-state index is -0.310. The molecule has 1 aromatic heterocycles. The van der Waals surface area contributed by atoms with E-state index in [1.165, 1.54) is 18.7 Å². The predicted molar refractivity (Wildman–Crippen MR) is 123 cm³/mol. The fraction of sp³-hybridized carbons (Fsp3) is 0.238. The highest BCUT2D eigenvalue weighted by Gasteiger charge is 2.22. The summed E-state index contributed by atoms with van der Waals surface area (Å²) >= 11 is 4.76. The number of hydrogen-bond acceptors (Lipinski definition) is 5. The Labute approximate surface area is 187 Å². The van der Waals surface area contributed by atoms with Crippen molar-refractivity contribution in [3.05, 3.63) is 53.0 Å². The maximum atomic E-state index is 12.7. The number of anilines is 2. The van der Waals surface area contributed by atoms with Crippen molar-refractivity contribution in [3.8, 4) is 11.4 Å². The number of nitrogens with zero attached hydrogens (tertiary/aromatic N) is 3. The Morgan fingerprint density at radius 3 is 2.50 bits per heavy atom. The van der Waals surface area contributed by atoms with E-state index in [1.807, 2.05) is 67.1 Å². The molecule has 0 aliphatic carbocycles. The molecule has 0 saturated carbocycles. The van der Waals surface area contributed by atoms with Crippen molar-refractivity contribution >= 4 is 50.9 Å². The van der Waals surface area contributed by atoms with E-state index in [-0.39, 0.29) is 17.1 Å². The average molecular weight is 488 g/mol. The second-order valence-corrected chi connectivity index (χ2v) is 8.72. The summed E-state index contributed by atoms with van der Waals surface area (Å²) in [4.78, 5) is 24.0. The van der Waals surface area contributed by atoms with Crippen LogP contribution in [0.5, 0.6) is 0 Å². The molecule has 9 heteroatoms. The van der Waals surface area contributed by atoms with E-state index in [1.54, 1.807) is 0 Å². The molecule has 3 rings (SSSR count). The SMILES string of the molecule is CC[C@H](Sc1nnc(-c2cccc(NC(C)=O)c2)n1C)C(=O)Nc1ccc(Br)cc1. The molecule has 0 radical (unpaired) electrons. The highest BCUT2D eigenvalue weighted by molar-refractivity contribution is 9.10. The van der Waals surface area contributed by atoms with Gasteiger partial charge < -0.3 is 15.2 Å². The molecule has 3 aromatic rings. The van der Waals surface area contributed by atoms with Gasteiger partial charge in [0, 0.05) is 35.4 Å². The third kappa shape index (κ3) is 5.48. The van der Waals surface area contributed by atoms with Gasteiger partial charge in [-0.2, -0.15) is 0 Å². The predicted octanol–water partition coefficient (Wildman–Crippen LogP) is 4.71. The summed E-state index contributed by atoms with van der Waals surface area (Å²) in [5.74, 6) is 0.443. The molecule has 0 fully saturated rings. The minimum absolute atomic E-state index is 0.0815.